The first-order valence-electron chi connectivity index (χ1n) is 38.0. The number of phenolic OH excluding ortho intramolecular Hbond substituents is 5. The highest BCUT2D eigenvalue weighted by Gasteiger charge is 2.51. The minimum atomic E-state index is -2.35. The van der Waals surface area contributed by atoms with Crippen LogP contribution in [0.1, 0.15) is 146 Å². The number of carbonyl (C=O) groups is 9. The zero-order valence-electron chi connectivity index (χ0n) is 64.1. The molecule has 7 aromatic rings. The van der Waals surface area contributed by atoms with E-state index in [2.05, 4.69) is 54.8 Å². The number of rotatable bonds is 19. The summed E-state index contributed by atoms with van der Waals surface area (Å²) < 4.78 is 37.7. The van der Waals surface area contributed by atoms with Crippen molar-refractivity contribution in [2.24, 2.45) is 0 Å². The molecule has 7 aromatic carbocycles. The Morgan fingerprint density at radius 1 is 0.573 bits per heavy atom. The monoisotopic (exact) mass is 1650 g/mol. The minimum Gasteiger partial charge on any atom is -0.508 e. The van der Waals surface area contributed by atoms with E-state index in [1.807, 2.05) is 4.90 Å². The third-order valence-electron chi connectivity index (χ3n) is 20.7. The van der Waals surface area contributed by atoms with Crippen LogP contribution in [0.25, 0.3) is 11.1 Å². The number of esters is 1. The number of nitrogens with one attached hydrogen (secondary N) is 9. The van der Waals surface area contributed by atoms with E-state index in [4.69, 9.17) is 51.6 Å². The lowest BCUT2D eigenvalue weighted by atomic mass is 9.89. The first kappa shape index (κ1) is 84.7. The summed E-state index contributed by atoms with van der Waals surface area (Å²) in [5, 5.41) is 118. The van der Waals surface area contributed by atoms with Crippen LogP contribution >= 0.6 is 23.2 Å². The van der Waals surface area contributed by atoms with Gasteiger partial charge in [-0.3, -0.25) is 38.4 Å². The Morgan fingerprint density at radius 2 is 1.21 bits per heavy atom. The van der Waals surface area contributed by atoms with Gasteiger partial charge in [0.2, 0.25) is 59.3 Å². The number of ether oxygens (including phenoxy) is 6. The van der Waals surface area contributed by atoms with Crippen molar-refractivity contribution in [2.75, 3.05) is 41.3 Å². The quantitative estimate of drug-likeness (QED) is 0.0302. The number of carbonyl (C=O) groups excluding carboxylic acids is 9. The van der Waals surface area contributed by atoms with Crippen LogP contribution in [0.5, 0.6) is 69.0 Å². The molecule has 0 aromatic heterocycles. The number of aromatic hydroxyl groups is 5. The lowest BCUT2D eigenvalue weighted by Gasteiger charge is -2.41. The van der Waals surface area contributed by atoms with E-state index in [1.54, 1.807) is 14.1 Å². The Hall–Kier alpha value is -11.7. The van der Waals surface area contributed by atoms with Gasteiger partial charge < -0.3 is 122 Å². The largest absolute Gasteiger partial charge is 0.508 e. The van der Waals surface area contributed by atoms with Crippen LogP contribution in [0.15, 0.2) is 115 Å². The van der Waals surface area contributed by atoms with Gasteiger partial charge in [0.05, 0.1) is 17.2 Å². The van der Waals surface area contributed by atoms with Crippen molar-refractivity contribution in [2.45, 2.75) is 157 Å². The Kier molecular flexibility index (Phi) is 26.8. The average Bonchev–Trinajstić information content (AvgIpc) is 0.769. The highest BCUT2D eigenvalue weighted by Crippen LogP contribution is 2.50. The van der Waals surface area contributed by atoms with E-state index in [9.17, 15) is 60.0 Å². The number of amides is 8. The normalized spacial score (nSPS) is 23.1. The molecular weight excluding hydrogens is 1560 g/mol. The van der Waals surface area contributed by atoms with Crippen molar-refractivity contribution in [3.05, 3.63) is 164 Å². The predicted molar refractivity (Wildman–Crippen MR) is 419 cm³/mol. The molecule has 14 rings (SSSR count). The molecule has 0 saturated carbocycles. The molecule has 0 radical (unpaired) electrons. The molecule has 8 amide bonds. The summed E-state index contributed by atoms with van der Waals surface area (Å²) in [5.74, 6) is -16.2. The number of unbranched alkanes of at least 4 members (excludes halogenated alkanes) is 7. The number of fused-ring (bicyclic) bond motifs is 14. The van der Waals surface area contributed by atoms with Crippen molar-refractivity contribution in [1.82, 2.24) is 52.8 Å². The SMILES string of the molecule is CCCCCCCCCCC(=O)N[C@H]1[C@H](Oc2c3cc4cc2Oc2ccc(cc2Cl)[C@@H](O)[C@@H]2NC(=O)[C@H](NC(=O)[C@@H]4NC(=O)[C@H]4NC(=O)[C@@H](Cc5ccc(cc5)O3)NC(=O)[C@@H](NC)c3ccc(O)c(c3)Oc3cc(O)c(Cl)c4c3)c3ccc(O)c(c3)-c3c(O)cc(O)cc3[C@@H](C(=O)NCCCN(C)C)NC2=O)O[C@H](C(=O)OC)[C@@H](O)[C@@H]1O. The number of benzene rings is 7. The van der Waals surface area contributed by atoms with E-state index in [0.717, 1.165) is 106 Å². The van der Waals surface area contributed by atoms with E-state index < -0.39 is 205 Å². The third-order valence-corrected chi connectivity index (χ3v) is 21.4. The van der Waals surface area contributed by atoms with Crippen LogP contribution in [0, 0.1) is 0 Å². The Morgan fingerprint density at radius 3 is 1.91 bits per heavy atom. The number of hydrogen-bond donors (Lipinski definition) is 17. The maximum atomic E-state index is 16.6. The second kappa shape index (κ2) is 37.1. The molecule has 13 atom stereocenters. The molecule has 0 spiro atoms. The van der Waals surface area contributed by atoms with Crippen molar-refractivity contribution in [1.29, 1.82) is 0 Å². The van der Waals surface area contributed by atoms with Crippen LogP contribution in [0.2, 0.25) is 10.0 Å². The molecule has 1 fully saturated rings. The molecule has 117 heavy (non-hydrogen) atoms. The maximum Gasteiger partial charge on any atom is 0.337 e. The number of halogens is 2. The number of aliphatic hydroxyl groups excluding tert-OH is 3. The molecular formula is C82H90Cl2N10O23. The van der Waals surface area contributed by atoms with Crippen molar-refractivity contribution in [3.8, 4) is 80.1 Å². The van der Waals surface area contributed by atoms with Crippen LogP contribution in [0.3, 0.4) is 0 Å². The standard InChI is InChI=1S/C82H90Cl2N10O23/c1-6-7-8-9-10-11-12-13-15-59(100)88-68-70(102)71(103)73(81(111)112-5)117-82(68)116-72-57-32-42-33-58(72)115-55-25-20-41(30-49(55)83)69(101)67-80(110)92-65(75(105)86-26-14-27-94(3)4)47-34-43(95)35-53(98)60(47)46-29-39(18-23-51(46)96)63(77(107)93-67)89-78(108)64(42)90-79(109)66-48-36-45(37-54(99)61(48)84)114-56-31-40(19-24-52(56)97)62(85-2)76(106)87-50(74(104)91-66)28-38-16-21-44(113-57)22-17-38/h16-25,29-37,50,62-71,73,82,85,95-99,101-103H,6-15,26-28H2,1-5H3,(H,86,105)(H,87,106)(H,88,100)(H,89,108)(H,90,109)(H,91,104)(H,92,110)(H,93,107)/t50-,62+,63-,64-,65+,66+,67+,68-,69-,70-,71+,73+,82-/m1/s1. The topological polar surface area (TPSA) is 482 Å². The van der Waals surface area contributed by atoms with E-state index in [1.165, 1.54) is 61.6 Å². The summed E-state index contributed by atoms with van der Waals surface area (Å²) in [6.45, 7) is 2.60. The molecule has 0 unspecified atom stereocenters. The fraction of sp³-hybridized carbons (Fsp3) is 0.378. The van der Waals surface area contributed by atoms with Gasteiger partial charge in [-0.2, -0.15) is 0 Å². The van der Waals surface area contributed by atoms with Gasteiger partial charge in [0.1, 0.15) is 107 Å². The van der Waals surface area contributed by atoms with Crippen molar-refractivity contribution in [3.63, 3.8) is 0 Å². The smallest absolute Gasteiger partial charge is 0.337 e. The van der Waals surface area contributed by atoms with E-state index in [0.29, 0.717) is 31.4 Å². The summed E-state index contributed by atoms with van der Waals surface area (Å²) in [6.07, 6.45) is -3.53. The van der Waals surface area contributed by atoms with Crippen molar-refractivity contribution < 1.29 is 112 Å². The molecule has 17 N–H and O–H groups in total. The first-order valence-corrected chi connectivity index (χ1v) is 38.8. The molecule has 7 aliphatic heterocycles. The summed E-state index contributed by atoms with van der Waals surface area (Å²) in [5.41, 5.74) is -1.96. The molecule has 0 aliphatic carbocycles. The van der Waals surface area contributed by atoms with Crippen LogP contribution in [-0.2, 0) is 59.0 Å². The molecule has 35 heteroatoms. The molecule has 620 valence electrons. The van der Waals surface area contributed by atoms with Crippen molar-refractivity contribution >= 4 is 76.4 Å². The van der Waals surface area contributed by atoms with Gasteiger partial charge in [0.25, 0.3) is 0 Å². The van der Waals surface area contributed by atoms with Gasteiger partial charge in [-0.25, -0.2) is 4.79 Å². The lowest BCUT2D eigenvalue weighted by Crippen LogP contribution is -2.66. The van der Waals surface area contributed by atoms with Gasteiger partial charge in [-0.15, -0.1) is 0 Å². The fourth-order valence-electron chi connectivity index (χ4n) is 14.5. The van der Waals surface area contributed by atoms with Gasteiger partial charge in [-0.05, 0) is 147 Å². The van der Waals surface area contributed by atoms with Crippen LogP contribution in [0.4, 0.5) is 0 Å². The van der Waals surface area contributed by atoms with Crippen LogP contribution < -0.4 is 66.8 Å². The second-order valence-electron chi connectivity index (χ2n) is 29.3. The second-order valence-corrected chi connectivity index (χ2v) is 30.0. The highest BCUT2D eigenvalue weighted by molar-refractivity contribution is 6.33. The molecule has 1 saturated heterocycles. The zero-order valence-corrected chi connectivity index (χ0v) is 65.6. The maximum absolute atomic E-state index is 16.6. The van der Waals surface area contributed by atoms with Gasteiger partial charge >= 0.3 is 5.97 Å². The highest BCUT2D eigenvalue weighted by atomic mass is 35.5. The average molecular weight is 1650 g/mol. The van der Waals surface area contributed by atoms with Gasteiger partial charge in [0.15, 0.2) is 29.1 Å². The Bertz CT molecular complexity index is 4960. The molecule has 7 aliphatic rings. The minimum absolute atomic E-state index is 0.00570. The number of aliphatic hydroxyl groups is 3. The first-order chi connectivity index (χ1) is 56.0. The van der Waals surface area contributed by atoms with E-state index >= 15 is 24.0 Å². The zero-order chi connectivity index (χ0) is 83.8. The summed E-state index contributed by atoms with van der Waals surface area (Å²) in [4.78, 5) is 139. The number of nitrogens with zero attached hydrogens (tertiary/aromatic N) is 1. The summed E-state index contributed by atoms with van der Waals surface area (Å²) >= 11 is 14.2. The fourth-order valence-corrected chi connectivity index (χ4v) is 15.0. The summed E-state index contributed by atoms with van der Waals surface area (Å²) in [7, 11) is 6.03. The number of methoxy groups -OCH3 is 1. The van der Waals surface area contributed by atoms with Gasteiger partial charge in [-0.1, -0.05) is 105 Å². The number of likely N-dealkylation sites (N-methyl/N-ethyl adjacent to an activating group) is 1. The number of phenols is 5. The lowest BCUT2D eigenvalue weighted by molar-refractivity contribution is -0.242. The third kappa shape index (κ3) is 19.2. The van der Waals surface area contributed by atoms with Crippen LogP contribution in [-0.4, -0.2) is 183 Å². The molecule has 33 nitrogen and oxygen atoms in total. The molecule has 17 bridgehead atoms. The Labute approximate surface area is 680 Å². The molecule has 7 heterocycles. The van der Waals surface area contributed by atoms with Gasteiger partial charge in [0, 0.05) is 48.2 Å². The van der Waals surface area contributed by atoms with E-state index in [-0.39, 0.29) is 70.2 Å². The predicted octanol–water partition coefficient (Wildman–Crippen LogP) is 6.54. The Balaban J connectivity index is 1.09. The number of hydrogen-bond acceptors (Lipinski definition) is 25. The summed E-state index contributed by atoms with van der Waals surface area (Å²) in [6, 6.07) is 7.29.